The first-order chi connectivity index (χ1) is 8.43. The van der Waals surface area contributed by atoms with E-state index in [1.807, 2.05) is 40.1 Å². The van der Waals surface area contributed by atoms with Gasteiger partial charge in [-0.3, -0.25) is 0 Å². The third kappa shape index (κ3) is 2.76. The van der Waals surface area contributed by atoms with Gasteiger partial charge in [-0.15, -0.1) is 0 Å². The topological polar surface area (TPSA) is 47.7 Å². The van der Waals surface area contributed by atoms with Gasteiger partial charge in [-0.1, -0.05) is 0 Å². The van der Waals surface area contributed by atoms with Gasteiger partial charge < -0.3 is 20.1 Å². The number of ether oxygens (including phenoxy) is 2. The van der Waals surface area contributed by atoms with Crippen molar-refractivity contribution in [1.29, 1.82) is 0 Å². The van der Waals surface area contributed by atoms with E-state index in [2.05, 4.69) is 4.90 Å². The Morgan fingerprint density at radius 2 is 1.78 bits per heavy atom. The van der Waals surface area contributed by atoms with Gasteiger partial charge in [0.15, 0.2) is 0 Å². The molecule has 1 aromatic rings. The predicted molar refractivity (Wildman–Crippen MR) is 74.4 cm³/mol. The van der Waals surface area contributed by atoms with Crippen LogP contribution in [0.5, 0.6) is 11.5 Å². The van der Waals surface area contributed by atoms with E-state index in [1.165, 1.54) is 0 Å². The van der Waals surface area contributed by atoms with Gasteiger partial charge in [-0.25, -0.2) is 0 Å². The van der Waals surface area contributed by atoms with Crippen LogP contribution in [-0.2, 0) is 0 Å². The van der Waals surface area contributed by atoms with E-state index in [0.717, 1.165) is 22.6 Å². The Morgan fingerprint density at radius 1 is 1.17 bits per heavy atom. The van der Waals surface area contributed by atoms with E-state index in [4.69, 9.17) is 15.2 Å². The molecule has 0 fully saturated rings. The Morgan fingerprint density at radius 3 is 2.17 bits per heavy atom. The van der Waals surface area contributed by atoms with E-state index in [-0.39, 0.29) is 12.1 Å². The van der Waals surface area contributed by atoms with Crippen molar-refractivity contribution in [3.05, 3.63) is 23.3 Å². The van der Waals surface area contributed by atoms with Crippen molar-refractivity contribution >= 4 is 0 Å². The lowest BCUT2D eigenvalue weighted by atomic mass is 9.96. The minimum atomic E-state index is 0.0155. The molecule has 2 unspecified atom stereocenters. The fourth-order valence-corrected chi connectivity index (χ4v) is 2.45. The second-order valence-electron chi connectivity index (χ2n) is 4.78. The molecule has 0 saturated heterocycles. The SMILES string of the molecule is COc1ccc(C(C(C)N)N(C)C)c(OC)c1C. The fraction of sp³-hybridized carbons (Fsp3) is 0.571. The normalized spacial score (nSPS) is 14.4. The maximum Gasteiger partial charge on any atom is 0.130 e. The molecule has 0 radical (unpaired) electrons. The van der Waals surface area contributed by atoms with Crippen LogP contribution in [-0.4, -0.2) is 39.3 Å². The Labute approximate surface area is 110 Å². The molecule has 2 atom stereocenters. The first kappa shape index (κ1) is 14.8. The van der Waals surface area contributed by atoms with Crippen molar-refractivity contribution in [2.75, 3.05) is 28.3 Å². The lowest BCUT2D eigenvalue weighted by Crippen LogP contribution is -2.35. The number of nitrogens with zero attached hydrogens (tertiary/aromatic N) is 1. The summed E-state index contributed by atoms with van der Waals surface area (Å²) in [5, 5.41) is 0. The summed E-state index contributed by atoms with van der Waals surface area (Å²) in [5.41, 5.74) is 8.18. The van der Waals surface area contributed by atoms with Gasteiger partial charge in [0.1, 0.15) is 11.5 Å². The van der Waals surface area contributed by atoms with E-state index in [0.29, 0.717) is 0 Å². The third-order valence-corrected chi connectivity index (χ3v) is 3.18. The summed E-state index contributed by atoms with van der Waals surface area (Å²) in [7, 11) is 7.38. The lowest BCUT2D eigenvalue weighted by molar-refractivity contribution is 0.257. The first-order valence-corrected chi connectivity index (χ1v) is 6.07. The summed E-state index contributed by atoms with van der Waals surface area (Å²) < 4.78 is 10.9. The second kappa shape index (κ2) is 6.07. The molecule has 0 bridgehead atoms. The Hall–Kier alpha value is -1.26. The van der Waals surface area contributed by atoms with Gasteiger partial charge >= 0.3 is 0 Å². The van der Waals surface area contributed by atoms with Gasteiger partial charge in [-0.05, 0) is 40.1 Å². The Balaban J connectivity index is 3.35. The summed E-state index contributed by atoms with van der Waals surface area (Å²) in [6.45, 7) is 4.00. The Bertz CT molecular complexity index is 395. The maximum atomic E-state index is 6.09. The highest BCUT2D eigenvalue weighted by molar-refractivity contribution is 5.50. The molecular formula is C14H24N2O2. The molecule has 4 nitrogen and oxygen atoms in total. The quantitative estimate of drug-likeness (QED) is 0.870. The zero-order valence-electron chi connectivity index (χ0n) is 12.2. The highest BCUT2D eigenvalue weighted by Crippen LogP contribution is 2.37. The maximum absolute atomic E-state index is 6.09. The zero-order valence-corrected chi connectivity index (χ0v) is 12.2. The number of hydrogen-bond donors (Lipinski definition) is 1. The second-order valence-corrected chi connectivity index (χ2v) is 4.78. The summed E-state index contributed by atoms with van der Waals surface area (Å²) in [6, 6.07) is 4.12. The van der Waals surface area contributed by atoms with Crippen molar-refractivity contribution in [3.8, 4) is 11.5 Å². The van der Waals surface area contributed by atoms with Gasteiger partial charge in [-0.2, -0.15) is 0 Å². The van der Waals surface area contributed by atoms with Crippen LogP contribution in [0.15, 0.2) is 12.1 Å². The smallest absolute Gasteiger partial charge is 0.130 e. The number of benzene rings is 1. The van der Waals surface area contributed by atoms with Crippen LogP contribution < -0.4 is 15.2 Å². The lowest BCUT2D eigenvalue weighted by Gasteiger charge is -2.30. The van der Waals surface area contributed by atoms with Crippen molar-refractivity contribution in [2.24, 2.45) is 5.73 Å². The van der Waals surface area contributed by atoms with E-state index in [9.17, 15) is 0 Å². The molecule has 2 N–H and O–H groups in total. The van der Waals surface area contributed by atoms with Gasteiger partial charge in [0.05, 0.1) is 20.3 Å². The van der Waals surface area contributed by atoms with E-state index < -0.39 is 0 Å². The van der Waals surface area contributed by atoms with Crippen molar-refractivity contribution in [2.45, 2.75) is 25.9 Å². The standard InChI is InChI=1S/C14H24N2O2/c1-9-12(17-5)8-7-11(14(9)18-6)13(10(2)15)16(3)4/h7-8,10,13H,15H2,1-6H3. The predicted octanol–water partition coefficient (Wildman–Crippen LogP) is 1.96. The largest absolute Gasteiger partial charge is 0.496 e. The van der Waals surface area contributed by atoms with Crippen molar-refractivity contribution in [3.63, 3.8) is 0 Å². The molecule has 4 heteroatoms. The minimum Gasteiger partial charge on any atom is -0.496 e. The number of rotatable bonds is 5. The molecule has 102 valence electrons. The van der Waals surface area contributed by atoms with Gasteiger partial charge in [0, 0.05) is 17.2 Å². The third-order valence-electron chi connectivity index (χ3n) is 3.18. The summed E-state index contributed by atoms with van der Waals surface area (Å²) >= 11 is 0. The van der Waals surface area contributed by atoms with Crippen molar-refractivity contribution < 1.29 is 9.47 Å². The Kier molecular flexibility index (Phi) is 4.99. The van der Waals surface area contributed by atoms with E-state index >= 15 is 0 Å². The molecular weight excluding hydrogens is 228 g/mol. The summed E-state index contributed by atoms with van der Waals surface area (Å²) in [4.78, 5) is 2.11. The highest BCUT2D eigenvalue weighted by atomic mass is 16.5. The average molecular weight is 252 g/mol. The zero-order chi connectivity index (χ0) is 13.9. The number of methoxy groups -OCH3 is 2. The van der Waals surface area contributed by atoms with Gasteiger partial charge in [0.25, 0.3) is 0 Å². The highest BCUT2D eigenvalue weighted by Gasteiger charge is 2.24. The van der Waals surface area contributed by atoms with Crippen LogP contribution in [0.3, 0.4) is 0 Å². The molecule has 0 saturated carbocycles. The van der Waals surface area contributed by atoms with Crippen LogP contribution in [0.25, 0.3) is 0 Å². The molecule has 0 aromatic heterocycles. The molecule has 18 heavy (non-hydrogen) atoms. The summed E-state index contributed by atoms with van der Waals surface area (Å²) in [6.07, 6.45) is 0. The van der Waals surface area contributed by atoms with Crippen LogP contribution >= 0.6 is 0 Å². The average Bonchev–Trinajstić information content (AvgIpc) is 2.28. The fourth-order valence-electron chi connectivity index (χ4n) is 2.45. The molecule has 1 aromatic carbocycles. The van der Waals surface area contributed by atoms with Gasteiger partial charge in [0.2, 0.25) is 0 Å². The number of hydrogen-bond acceptors (Lipinski definition) is 4. The van der Waals surface area contributed by atoms with Crippen LogP contribution in [0.4, 0.5) is 0 Å². The molecule has 0 heterocycles. The summed E-state index contributed by atoms with van der Waals surface area (Å²) in [5.74, 6) is 1.68. The molecule has 0 amide bonds. The molecule has 0 aliphatic carbocycles. The number of likely N-dealkylation sites (N-methyl/N-ethyl adjacent to an activating group) is 1. The van der Waals surface area contributed by atoms with Crippen LogP contribution in [0, 0.1) is 6.92 Å². The molecule has 0 aliphatic heterocycles. The van der Waals surface area contributed by atoms with E-state index in [1.54, 1.807) is 14.2 Å². The first-order valence-electron chi connectivity index (χ1n) is 6.07. The molecule has 1 rings (SSSR count). The van der Waals surface area contributed by atoms with Crippen LogP contribution in [0.2, 0.25) is 0 Å². The van der Waals surface area contributed by atoms with Crippen molar-refractivity contribution in [1.82, 2.24) is 4.90 Å². The van der Waals surface area contributed by atoms with Crippen LogP contribution in [0.1, 0.15) is 24.1 Å². The molecule has 0 aliphatic rings. The monoisotopic (exact) mass is 252 g/mol. The molecule has 0 spiro atoms. The number of nitrogens with two attached hydrogens (primary N) is 1. The minimum absolute atomic E-state index is 0.0155.